The molecule has 0 bridgehead atoms. The molecule has 0 spiro atoms. The monoisotopic (exact) mass is 391 g/mol. The first-order chi connectivity index (χ1) is 12.3. The van der Waals surface area contributed by atoms with Gasteiger partial charge in [0.25, 0.3) is 0 Å². The molecule has 3 heterocycles. The van der Waals surface area contributed by atoms with Gasteiger partial charge in [0, 0.05) is 25.7 Å². The van der Waals surface area contributed by atoms with Crippen LogP contribution in [-0.2, 0) is 18.6 Å². The Hall–Kier alpha value is -1.04. The molecule has 0 aliphatic carbocycles. The second kappa shape index (κ2) is 7.91. The summed E-state index contributed by atoms with van der Waals surface area (Å²) >= 11 is 0. The summed E-state index contributed by atoms with van der Waals surface area (Å²) in [5.74, 6) is 0. The van der Waals surface area contributed by atoms with E-state index >= 15 is 0 Å². The molecule has 3 aliphatic rings. The zero-order chi connectivity index (χ0) is 18.9. The van der Waals surface area contributed by atoms with E-state index in [1.807, 2.05) is 0 Å². The minimum absolute atomic E-state index is 0.212. The van der Waals surface area contributed by atoms with Crippen molar-refractivity contribution in [3.8, 4) is 0 Å². The third-order valence-corrected chi connectivity index (χ3v) is 5.90. The first-order valence-corrected chi connectivity index (χ1v) is 9.70. The average molecular weight is 391 g/mol. The molecule has 0 aromatic heterocycles. The Morgan fingerprint density at radius 3 is 2.81 bits per heavy atom. The number of ether oxygens (including phenoxy) is 2. The largest absolute Gasteiger partial charge is 0.766 e. The molecule has 3 rings (SSSR count). The number of hydrogen-bond acceptors (Lipinski definition) is 8. The second-order valence-corrected chi connectivity index (χ2v) is 7.97. The van der Waals surface area contributed by atoms with Gasteiger partial charge in [-0.3, -0.25) is 9.46 Å². The van der Waals surface area contributed by atoms with Crippen LogP contribution in [-0.4, -0.2) is 83.4 Å². The van der Waals surface area contributed by atoms with E-state index in [9.17, 15) is 24.5 Å². The van der Waals surface area contributed by atoms with Crippen LogP contribution in [0.5, 0.6) is 0 Å². The lowest BCUT2D eigenvalue weighted by molar-refractivity contribution is -0.218. The van der Waals surface area contributed by atoms with E-state index in [4.69, 9.17) is 14.0 Å². The molecule has 11 nitrogen and oxygen atoms in total. The van der Waals surface area contributed by atoms with Gasteiger partial charge in [0.05, 0.1) is 25.9 Å². The standard InChI is InChI=1S/C14H23N3O8P/c1-9-7-17(14(20)15-13(9)19)12-6-10(18)11(25-12)8-24-26(21,22)16-2-4-23-5-3-16/h6-7,10-13,18-19H,2-5,8H2,1H3,(H,15,20)(H,21,22)/p-1/t10?,11-,12-,13+/m1/s1. The number of carbonyl (C=O) groups is 1. The van der Waals surface area contributed by atoms with Crippen LogP contribution in [0.15, 0.2) is 11.8 Å². The van der Waals surface area contributed by atoms with Crippen molar-refractivity contribution in [2.45, 2.75) is 31.6 Å². The van der Waals surface area contributed by atoms with Gasteiger partial charge in [0.15, 0.2) is 6.23 Å². The Bertz CT molecular complexity index is 611. The number of rotatable bonds is 5. The van der Waals surface area contributed by atoms with Crippen LogP contribution in [0.3, 0.4) is 0 Å². The number of nitrogens with zero attached hydrogens (tertiary/aromatic N) is 2. The zero-order valence-corrected chi connectivity index (χ0v) is 15.1. The molecule has 2 saturated heterocycles. The number of aliphatic hydroxyl groups is 2. The predicted octanol–water partition coefficient (Wildman–Crippen LogP) is -1.66. The van der Waals surface area contributed by atoms with Crippen molar-refractivity contribution in [3.63, 3.8) is 0 Å². The third-order valence-electron chi connectivity index (χ3n) is 4.34. The summed E-state index contributed by atoms with van der Waals surface area (Å²) in [6, 6.07) is -0.596. The van der Waals surface area contributed by atoms with Gasteiger partial charge in [-0.2, -0.15) is 0 Å². The molecule has 1 radical (unpaired) electrons. The summed E-state index contributed by atoms with van der Waals surface area (Å²) in [5.41, 5.74) is 0.493. The normalized spacial score (nSPS) is 35.8. The molecule has 2 amide bonds. The molecule has 0 aromatic carbocycles. The number of morpholine rings is 1. The Morgan fingerprint density at radius 2 is 2.12 bits per heavy atom. The fourth-order valence-corrected chi connectivity index (χ4v) is 3.94. The molecule has 5 atom stereocenters. The van der Waals surface area contributed by atoms with Crippen LogP contribution in [0.4, 0.5) is 4.79 Å². The number of hydrogen-bond donors (Lipinski definition) is 3. The summed E-state index contributed by atoms with van der Waals surface area (Å²) in [4.78, 5) is 25.3. The minimum atomic E-state index is -4.27. The zero-order valence-electron chi connectivity index (χ0n) is 14.2. The fraction of sp³-hybridized carbons (Fsp3) is 0.714. The van der Waals surface area contributed by atoms with E-state index < -0.39 is 38.4 Å². The first-order valence-electron chi connectivity index (χ1n) is 8.20. The Balaban J connectivity index is 1.57. The third kappa shape index (κ3) is 4.26. The van der Waals surface area contributed by atoms with E-state index in [0.29, 0.717) is 18.8 Å². The molecule has 2 fully saturated rings. The van der Waals surface area contributed by atoms with Crippen molar-refractivity contribution in [2.75, 3.05) is 32.9 Å². The van der Waals surface area contributed by atoms with Gasteiger partial charge >= 0.3 is 6.03 Å². The van der Waals surface area contributed by atoms with Gasteiger partial charge in [-0.15, -0.1) is 0 Å². The van der Waals surface area contributed by atoms with Crippen LogP contribution in [0.2, 0.25) is 0 Å². The molecule has 26 heavy (non-hydrogen) atoms. The molecule has 0 saturated carbocycles. The van der Waals surface area contributed by atoms with Crippen LogP contribution in [0.1, 0.15) is 6.92 Å². The van der Waals surface area contributed by atoms with Crippen molar-refractivity contribution in [1.82, 2.24) is 14.9 Å². The van der Waals surface area contributed by atoms with Crippen molar-refractivity contribution < 1.29 is 38.5 Å². The smallest absolute Gasteiger partial charge is 0.325 e. The Labute approximate surface area is 150 Å². The fourth-order valence-electron chi connectivity index (χ4n) is 2.78. The maximum atomic E-state index is 12.2. The highest BCUT2D eigenvalue weighted by atomic mass is 31.2. The van der Waals surface area contributed by atoms with Gasteiger partial charge < -0.3 is 34.4 Å². The topological polar surface area (TPSA) is 144 Å². The SMILES string of the molecule is CC1=CN([C@H]2[CH]C(O)[C@@H](COP(=O)([O-])N3CCOCC3)O2)C(=O)N[C@H]1O. The predicted molar refractivity (Wildman–Crippen MR) is 85.1 cm³/mol. The van der Waals surface area contributed by atoms with E-state index in [0.717, 1.165) is 0 Å². The Morgan fingerprint density at radius 1 is 1.42 bits per heavy atom. The highest BCUT2D eigenvalue weighted by molar-refractivity contribution is 7.48. The number of nitrogens with one attached hydrogen (secondary N) is 1. The van der Waals surface area contributed by atoms with Gasteiger partial charge in [-0.05, 0) is 12.5 Å². The first kappa shape index (κ1) is 19.7. The lowest BCUT2D eigenvalue weighted by atomic mass is 10.2. The van der Waals surface area contributed by atoms with Crippen molar-refractivity contribution in [3.05, 3.63) is 18.2 Å². The van der Waals surface area contributed by atoms with Crippen LogP contribution < -0.4 is 10.2 Å². The molecule has 12 heteroatoms. The molecule has 3 N–H and O–H groups in total. The lowest BCUT2D eigenvalue weighted by Crippen LogP contribution is -2.51. The number of aliphatic hydroxyl groups excluding tert-OH is 2. The summed E-state index contributed by atoms with van der Waals surface area (Å²) in [5, 5.41) is 22.0. The molecule has 147 valence electrons. The van der Waals surface area contributed by atoms with Gasteiger partial charge in [-0.1, -0.05) is 0 Å². The Kier molecular flexibility index (Phi) is 6.00. The van der Waals surface area contributed by atoms with Crippen LogP contribution in [0, 0.1) is 6.42 Å². The van der Waals surface area contributed by atoms with Gasteiger partial charge in [0.2, 0.25) is 7.75 Å². The summed E-state index contributed by atoms with van der Waals surface area (Å²) in [6.45, 7) is 2.27. The maximum Gasteiger partial charge on any atom is 0.325 e. The minimum Gasteiger partial charge on any atom is -0.766 e. The van der Waals surface area contributed by atoms with E-state index in [-0.39, 0.29) is 19.7 Å². The van der Waals surface area contributed by atoms with Crippen LogP contribution in [0.25, 0.3) is 0 Å². The molecule has 0 aromatic rings. The van der Waals surface area contributed by atoms with Gasteiger partial charge in [0.1, 0.15) is 12.3 Å². The number of urea groups is 1. The van der Waals surface area contributed by atoms with E-state index in [1.165, 1.54) is 22.2 Å². The average Bonchev–Trinajstić information content (AvgIpc) is 2.98. The van der Waals surface area contributed by atoms with Gasteiger partial charge in [-0.25, -0.2) is 9.46 Å². The highest BCUT2D eigenvalue weighted by Crippen LogP contribution is 2.42. The van der Waals surface area contributed by atoms with Crippen molar-refractivity contribution in [2.24, 2.45) is 0 Å². The quantitative estimate of drug-likeness (QED) is 0.469. The van der Waals surface area contributed by atoms with E-state index in [2.05, 4.69) is 5.32 Å². The maximum absolute atomic E-state index is 12.2. The molecule has 2 unspecified atom stereocenters. The highest BCUT2D eigenvalue weighted by Gasteiger charge is 2.41. The van der Waals surface area contributed by atoms with Crippen molar-refractivity contribution in [1.29, 1.82) is 0 Å². The van der Waals surface area contributed by atoms with Crippen LogP contribution >= 0.6 is 7.75 Å². The molecule has 3 aliphatic heterocycles. The number of carbonyl (C=O) groups excluding carboxylic acids is 1. The number of amides is 2. The van der Waals surface area contributed by atoms with Crippen molar-refractivity contribution >= 4 is 13.8 Å². The second-order valence-electron chi connectivity index (χ2n) is 6.21. The lowest BCUT2D eigenvalue weighted by Gasteiger charge is -2.38. The van der Waals surface area contributed by atoms with E-state index in [1.54, 1.807) is 6.92 Å². The summed E-state index contributed by atoms with van der Waals surface area (Å²) in [6.07, 6.45) is -1.28. The molecular weight excluding hydrogens is 369 g/mol. The molecular formula is C14H22N3O8P-. The summed E-state index contributed by atoms with van der Waals surface area (Å²) < 4.78 is 29.0. The summed E-state index contributed by atoms with van der Waals surface area (Å²) in [7, 11) is -4.27.